The number of ether oxygens (including phenoxy) is 3. The number of fused-ring (bicyclic) bond motifs is 1. The fraction of sp³-hybridized carbons (Fsp3) is 0.136. The molecule has 2 aromatic carbocycles. The van der Waals surface area contributed by atoms with Gasteiger partial charge in [0.05, 0.1) is 24.9 Å². The van der Waals surface area contributed by atoms with Gasteiger partial charge in [0.1, 0.15) is 5.52 Å². The molecule has 4 aromatic rings. The Morgan fingerprint density at radius 2 is 1.80 bits per heavy atom. The summed E-state index contributed by atoms with van der Waals surface area (Å²) in [5, 5.41) is 4.25. The highest BCUT2D eigenvalue weighted by molar-refractivity contribution is 9.10. The summed E-state index contributed by atoms with van der Waals surface area (Å²) in [4.78, 5) is 13.2. The van der Waals surface area contributed by atoms with E-state index in [-0.39, 0.29) is 6.01 Å². The van der Waals surface area contributed by atoms with E-state index >= 15 is 0 Å². The highest BCUT2D eigenvalue weighted by Crippen LogP contribution is 2.36. The summed E-state index contributed by atoms with van der Waals surface area (Å²) in [7, 11) is 3.22. The first-order valence-electron chi connectivity index (χ1n) is 9.13. The lowest BCUT2D eigenvalue weighted by Gasteiger charge is -2.15. The average molecular weight is 467 g/mol. The normalized spacial score (nSPS) is 10.7. The van der Waals surface area contributed by atoms with E-state index in [0.717, 1.165) is 22.2 Å². The lowest BCUT2D eigenvalue weighted by atomic mass is 10.2. The van der Waals surface area contributed by atoms with Gasteiger partial charge in [-0.2, -0.15) is 4.98 Å². The topological polar surface area (TPSA) is 78.4 Å². The molecular formula is C22H19BrN4O3. The second-order valence-corrected chi connectivity index (χ2v) is 7.29. The van der Waals surface area contributed by atoms with Crippen molar-refractivity contribution in [3.8, 4) is 23.3 Å². The molecule has 1 N–H and O–H groups in total. The number of aryl methyl sites for hydroxylation is 1. The van der Waals surface area contributed by atoms with E-state index in [0.29, 0.717) is 27.5 Å². The Hall–Kier alpha value is -3.39. The van der Waals surface area contributed by atoms with E-state index in [1.807, 2.05) is 49.4 Å². The molecule has 7 nitrogen and oxygen atoms in total. The van der Waals surface area contributed by atoms with Crippen LogP contribution < -0.4 is 19.5 Å². The molecule has 0 aliphatic rings. The predicted octanol–water partition coefficient (Wildman–Crippen LogP) is 5.65. The number of hydrogen-bond acceptors (Lipinski definition) is 7. The lowest BCUT2D eigenvalue weighted by Crippen LogP contribution is -2.01. The number of nitrogens with zero attached hydrogens (tertiary/aromatic N) is 3. The van der Waals surface area contributed by atoms with Crippen LogP contribution in [0.25, 0.3) is 10.9 Å². The highest BCUT2D eigenvalue weighted by atomic mass is 79.9. The summed E-state index contributed by atoms with van der Waals surface area (Å²) < 4.78 is 17.5. The molecule has 0 unspecified atom stereocenters. The minimum absolute atomic E-state index is 0.205. The van der Waals surface area contributed by atoms with Crippen molar-refractivity contribution in [2.45, 2.75) is 6.92 Å². The zero-order valence-electron chi connectivity index (χ0n) is 16.6. The third kappa shape index (κ3) is 3.99. The van der Waals surface area contributed by atoms with Crippen LogP contribution in [0.4, 0.5) is 11.5 Å². The van der Waals surface area contributed by atoms with Crippen LogP contribution in [-0.2, 0) is 0 Å². The number of hydrogen-bond donors (Lipinski definition) is 1. The van der Waals surface area contributed by atoms with Crippen LogP contribution in [-0.4, -0.2) is 29.2 Å². The van der Waals surface area contributed by atoms with Crippen molar-refractivity contribution in [1.82, 2.24) is 15.0 Å². The van der Waals surface area contributed by atoms with E-state index in [1.54, 1.807) is 26.6 Å². The SMILES string of the molecule is COc1cc(Nc2nc(Oc3cccc4cccnc34)ncc2Br)cc(C)c1OC. The van der Waals surface area contributed by atoms with Gasteiger partial charge in [0, 0.05) is 23.3 Å². The maximum atomic E-state index is 5.94. The van der Waals surface area contributed by atoms with Crippen molar-refractivity contribution in [1.29, 1.82) is 0 Å². The second-order valence-electron chi connectivity index (χ2n) is 6.44. The van der Waals surface area contributed by atoms with E-state index in [9.17, 15) is 0 Å². The third-order valence-corrected chi connectivity index (χ3v) is 5.03. The Morgan fingerprint density at radius 3 is 2.60 bits per heavy atom. The number of nitrogens with one attached hydrogen (secondary N) is 1. The first kappa shape index (κ1) is 19.9. The monoisotopic (exact) mass is 466 g/mol. The molecule has 0 atom stereocenters. The van der Waals surface area contributed by atoms with E-state index in [2.05, 4.69) is 36.2 Å². The average Bonchev–Trinajstić information content (AvgIpc) is 2.76. The maximum Gasteiger partial charge on any atom is 0.324 e. The smallest absolute Gasteiger partial charge is 0.324 e. The van der Waals surface area contributed by atoms with E-state index < -0.39 is 0 Å². The van der Waals surface area contributed by atoms with E-state index in [1.165, 1.54) is 0 Å². The van der Waals surface area contributed by atoms with Gasteiger partial charge in [-0.25, -0.2) is 4.98 Å². The Balaban J connectivity index is 1.65. The number of halogens is 1. The van der Waals surface area contributed by atoms with Gasteiger partial charge in [-0.1, -0.05) is 18.2 Å². The van der Waals surface area contributed by atoms with Crippen LogP contribution in [0, 0.1) is 6.92 Å². The maximum absolute atomic E-state index is 5.94. The minimum atomic E-state index is 0.205. The van der Waals surface area contributed by atoms with Gasteiger partial charge in [-0.15, -0.1) is 0 Å². The number of pyridine rings is 1. The molecule has 0 radical (unpaired) electrons. The predicted molar refractivity (Wildman–Crippen MR) is 119 cm³/mol. The van der Waals surface area contributed by atoms with Crippen molar-refractivity contribution in [2.75, 3.05) is 19.5 Å². The Kier molecular flexibility index (Phi) is 5.67. The first-order chi connectivity index (χ1) is 14.6. The molecule has 0 spiro atoms. The van der Waals surface area contributed by atoms with Gasteiger partial charge in [-0.05, 0) is 46.6 Å². The van der Waals surface area contributed by atoms with Gasteiger partial charge in [0.2, 0.25) is 0 Å². The number of anilines is 2. The van der Waals surface area contributed by atoms with Crippen molar-refractivity contribution < 1.29 is 14.2 Å². The molecule has 152 valence electrons. The van der Waals surface area contributed by atoms with Crippen molar-refractivity contribution in [3.05, 3.63) is 64.9 Å². The van der Waals surface area contributed by atoms with Gasteiger partial charge >= 0.3 is 6.01 Å². The first-order valence-corrected chi connectivity index (χ1v) is 9.92. The molecule has 0 aliphatic heterocycles. The molecular weight excluding hydrogens is 448 g/mol. The number of benzene rings is 2. The molecule has 0 bridgehead atoms. The van der Waals surface area contributed by atoms with Gasteiger partial charge in [0.25, 0.3) is 0 Å². The van der Waals surface area contributed by atoms with Crippen LogP contribution in [0.1, 0.15) is 5.56 Å². The zero-order valence-corrected chi connectivity index (χ0v) is 18.2. The molecule has 0 fully saturated rings. The number of rotatable bonds is 6. The quantitative estimate of drug-likeness (QED) is 0.393. The summed E-state index contributed by atoms with van der Waals surface area (Å²) in [5.74, 6) is 2.46. The Morgan fingerprint density at radius 1 is 0.967 bits per heavy atom. The number of methoxy groups -OCH3 is 2. The van der Waals surface area contributed by atoms with Crippen molar-refractivity contribution in [3.63, 3.8) is 0 Å². The molecule has 2 aromatic heterocycles. The molecule has 0 saturated carbocycles. The summed E-state index contributed by atoms with van der Waals surface area (Å²) in [6.07, 6.45) is 3.36. The Labute approximate surface area is 182 Å². The van der Waals surface area contributed by atoms with Crippen LogP contribution in [0.15, 0.2) is 59.3 Å². The van der Waals surface area contributed by atoms with Gasteiger partial charge in [-0.3, -0.25) is 4.98 Å². The third-order valence-electron chi connectivity index (χ3n) is 4.45. The number of para-hydroxylation sites is 1. The minimum Gasteiger partial charge on any atom is -0.493 e. The fourth-order valence-electron chi connectivity index (χ4n) is 3.11. The summed E-state index contributed by atoms with van der Waals surface area (Å²) in [6.45, 7) is 1.95. The fourth-order valence-corrected chi connectivity index (χ4v) is 3.40. The zero-order chi connectivity index (χ0) is 21.1. The summed E-state index contributed by atoms with van der Waals surface area (Å²) in [6, 6.07) is 13.6. The summed E-state index contributed by atoms with van der Waals surface area (Å²) in [5.41, 5.74) is 2.47. The molecule has 0 saturated heterocycles. The van der Waals surface area contributed by atoms with E-state index in [4.69, 9.17) is 14.2 Å². The second kappa shape index (κ2) is 8.54. The standard InChI is InChI=1S/C22H19BrN4O3/c1-13-10-15(11-18(28-2)20(13)29-3)26-21-16(23)12-25-22(27-21)30-17-8-4-6-14-7-5-9-24-19(14)17/h4-12H,1-3H3,(H,25,26,27). The summed E-state index contributed by atoms with van der Waals surface area (Å²) >= 11 is 3.48. The van der Waals surface area contributed by atoms with Crippen LogP contribution >= 0.6 is 15.9 Å². The van der Waals surface area contributed by atoms with Crippen LogP contribution in [0.3, 0.4) is 0 Å². The molecule has 8 heteroatoms. The van der Waals surface area contributed by atoms with Gasteiger partial charge in [0.15, 0.2) is 23.1 Å². The van der Waals surface area contributed by atoms with Gasteiger partial charge < -0.3 is 19.5 Å². The van der Waals surface area contributed by atoms with Crippen molar-refractivity contribution >= 4 is 38.3 Å². The van der Waals surface area contributed by atoms with Crippen molar-refractivity contribution in [2.24, 2.45) is 0 Å². The molecule has 2 heterocycles. The Bertz CT molecular complexity index is 1210. The molecule has 30 heavy (non-hydrogen) atoms. The molecule has 0 aliphatic carbocycles. The highest BCUT2D eigenvalue weighted by Gasteiger charge is 2.13. The molecule has 0 amide bonds. The lowest BCUT2D eigenvalue weighted by molar-refractivity contribution is 0.353. The largest absolute Gasteiger partial charge is 0.493 e. The van der Waals surface area contributed by atoms with Crippen LogP contribution in [0.5, 0.6) is 23.3 Å². The molecule has 4 rings (SSSR count). The van der Waals surface area contributed by atoms with Crippen LogP contribution in [0.2, 0.25) is 0 Å². The number of aromatic nitrogens is 3.